The number of nitriles is 1. The maximum atomic E-state index is 13.5. The average molecular weight is 331 g/mol. The zero-order chi connectivity index (χ0) is 17.2. The number of carboxylic acid groups (broad SMARTS) is 1. The molecule has 0 radical (unpaired) electrons. The van der Waals surface area contributed by atoms with Crippen molar-refractivity contribution in [1.82, 2.24) is 10.2 Å². The van der Waals surface area contributed by atoms with Crippen LogP contribution in [0, 0.1) is 17.1 Å². The lowest BCUT2D eigenvalue weighted by molar-refractivity contribution is 0.159. The fraction of sp³-hybridized carbons (Fsp3) is 0.556. The van der Waals surface area contributed by atoms with Crippen LogP contribution in [-0.2, 0) is 5.41 Å². The Morgan fingerprint density at radius 1 is 1.38 bits per heavy atom. The van der Waals surface area contributed by atoms with Gasteiger partial charge in [0.1, 0.15) is 5.82 Å². The molecule has 1 aromatic carbocycles. The van der Waals surface area contributed by atoms with E-state index in [4.69, 9.17) is 5.11 Å². The normalized spacial score (nSPS) is 30.7. The summed E-state index contributed by atoms with van der Waals surface area (Å²) in [7, 11) is 0. The first-order valence-corrected chi connectivity index (χ1v) is 8.43. The van der Waals surface area contributed by atoms with E-state index in [-0.39, 0.29) is 11.9 Å². The molecule has 1 atom stereocenters. The molecule has 1 saturated heterocycles. The van der Waals surface area contributed by atoms with Gasteiger partial charge in [0.15, 0.2) is 0 Å². The number of benzene rings is 1. The molecule has 2 fully saturated rings. The van der Waals surface area contributed by atoms with Crippen molar-refractivity contribution < 1.29 is 14.3 Å². The molecular weight excluding hydrogens is 309 g/mol. The molecule has 1 heterocycles. The Morgan fingerprint density at radius 3 is 2.75 bits per heavy atom. The number of halogens is 1. The lowest BCUT2D eigenvalue weighted by atomic mass is 9.69. The number of likely N-dealkylation sites (tertiary alicyclic amines) is 1. The van der Waals surface area contributed by atoms with Crippen LogP contribution in [0.2, 0.25) is 0 Å². The van der Waals surface area contributed by atoms with Gasteiger partial charge in [-0.2, -0.15) is 5.26 Å². The van der Waals surface area contributed by atoms with Gasteiger partial charge in [0.2, 0.25) is 0 Å². The van der Waals surface area contributed by atoms with Crippen LogP contribution in [-0.4, -0.2) is 41.3 Å². The van der Waals surface area contributed by atoms with Crippen molar-refractivity contribution in [2.75, 3.05) is 13.1 Å². The summed E-state index contributed by atoms with van der Waals surface area (Å²) >= 11 is 0. The zero-order valence-corrected chi connectivity index (χ0v) is 13.5. The molecule has 128 valence electrons. The van der Waals surface area contributed by atoms with Gasteiger partial charge in [-0.1, -0.05) is 12.1 Å². The number of carbonyl (C=O) groups is 1. The Hall–Kier alpha value is -2.13. The number of nitrogens with zero attached hydrogens (tertiary/aromatic N) is 2. The summed E-state index contributed by atoms with van der Waals surface area (Å²) in [5, 5.41) is 21.1. The lowest BCUT2D eigenvalue weighted by Crippen LogP contribution is -2.43. The van der Waals surface area contributed by atoms with E-state index in [1.807, 2.05) is 6.07 Å². The van der Waals surface area contributed by atoms with Crippen LogP contribution in [0.4, 0.5) is 9.18 Å². The monoisotopic (exact) mass is 331 g/mol. The highest BCUT2D eigenvalue weighted by Crippen LogP contribution is 2.41. The summed E-state index contributed by atoms with van der Waals surface area (Å²) in [6.07, 6.45) is 3.04. The number of hydrogen-bond acceptors (Lipinski definition) is 3. The maximum absolute atomic E-state index is 13.5. The molecule has 0 unspecified atom stereocenters. The minimum absolute atomic E-state index is 0.00614. The zero-order valence-electron chi connectivity index (χ0n) is 13.5. The Balaban J connectivity index is 1.63. The van der Waals surface area contributed by atoms with Crippen LogP contribution >= 0.6 is 0 Å². The Bertz CT molecular complexity index is 650. The van der Waals surface area contributed by atoms with Crippen LogP contribution < -0.4 is 5.32 Å². The minimum atomic E-state index is -0.972. The third kappa shape index (κ3) is 3.36. The van der Waals surface area contributed by atoms with Gasteiger partial charge in [0, 0.05) is 25.2 Å². The highest BCUT2D eigenvalue weighted by atomic mass is 19.1. The maximum Gasteiger partial charge on any atom is 0.404 e. The second-order valence-electron chi connectivity index (χ2n) is 6.87. The lowest BCUT2D eigenvalue weighted by Gasteiger charge is -2.39. The molecule has 0 spiro atoms. The standard InChI is InChI=1S/C18H22FN3O2/c19-14-3-1-2-13(10-14)18(12-20)7-4-16(5-8-18)22-9-6-15(11-22)21-17(23)24/h1-3,10,15-16,21H,4-9,11H2,(H,23,24)/t15-,16?,18?/m0/s1. The van der Waals surface area contributed by atoms with Crippen LogP contribution in [0.3, 0.4) is 0 Å². The van der Waals surface area contributed by atoms with E-state index in [0.717, 1.165) is 37.9 Å². The molecule has 1 amide bonds. The van der Waals surface area contributed by atoms with Crippen LogP contribution in [0.5, 0.6) is 0 Å². The van der Waals surface area contributed by atoms with Crippen molar-refractivity contribution in [1.29, 1.82) is 5.26 Å². The first kappa shape index (κ1) is 16.7. The quantitative estimate of drug-likeness (QED) is 0.893. The predicted octanol–water partition coefficient (Wildman–Crippen LogP) is 2.87. The van der Waals surface area contributed by atoms with Crippen molar-refractivity contribution in [2.45, 2.75) is 49.6 Å². The second kappa shape index (κ2) is 6.78. The van der Waals surface area contributed by atoms with E-state index < -0.39 is 11.5 Å². The van der Waals surface area contributed by atoms with Gasteiger partial charge in [-0.3, -0.25) is 4.90 Å². The van der Waals surface area contributed by atoms with E-state index in [1.54, 1.807) is 6.07 Å². The van der Waals surface area contributed by atoms with Gasteiger partial charge in [0.25, 0.3) is 0 Å². The first-order valence-electron chi connectivity index (χ1n) is 8.43. The average Bonchev–Trinajstić information content (AvgIpc) is 3.02. The predicted molar refractivity (Wildman–Crippen MR) is 87.1 cm³/mol. The van der Waals surface area contributed by atoms with E-state index in [2.05, 4.69) is 16.3 Å². The summed E-state index contributed by atoms with van der Waals surface area (Å²) < 4.78 is 13.5. The Kier molecular flexibility index (Phi) is 4.72. The van der Waals surface area contributed by atoms with Crippen molar-refractivity contribution in [3.8, 4) is 6.07 Å². The molecular formula is C18H22FN3O2. The second-order valence-corrected chi connectivity index (χ2v) is 6.87. The molecule has 2 N–H and O–H groups in total. The molecule has 1 aliphatic carbocycles. The molecule has 5 nitrogen and oxygen atoms in total. The van der Waals surface area contributed by atoms with E-state index in [9.17, 15) is 14.4 Å². The van der Waals surface area contributed by atoms with Crippen molar-refractivity contribution in [3.05, 3.63) is 35.6 Å². The summed E-state index contributed by atoms with van der Waals surface area (Å²) in [6, 6.07) is 9.19. The number of nitrogens with one attached hydrogen (secondary N) is 1. The third-order valence-corrected chi connectivity index (χ3v) is 5.46. The van der Waals surface area contributed by atoms with Crippen molar-refractivity contribution >= 4 is 6.09 Å². The Labute approximate surface area is 141 Å². The SMILES string of the molecule is N#CC1(c2cccc(F)c2)CCC(N2CC[C@H](NC(=O)O)C2)CC1. The molecule has 6 heteroatoms. The molecule has 1 saturated carbocycles. The number of rotatable bonds is 3. The van der Waals surface area contributed by atoms with Gasteiger partial charge in [-0.05, 0) is 49.8 Å². The van der Waals surface area contributed by atoms with Gasteiger partial charge >= 0.3 is 6.09 Å². The van der Waals surface area contributed by atoms with Gasteiger partial charge < -0.3 is 10.4 Å². The van der Waals surface area contributed by atoms with Crippen molar-refractivity contribution in [3.63, 3.8) is 0 Å². The Morgan fingerprint density at radius 2 is 2.12 bits per heavy atom. The van der Waals surface area contributed by atoms with Gasteiger partial charge in [-0.25, -0.2) is 9.18 Å². The molecule has 1 aromatic rings. The highest BCUT2D eigenvalue weighted by molar-refractivity contribution is 5.64. The largest absolute Gasteiger partial charge is 0.465 e. The number of hydrogen-bond donors (Lipinski definition) is 2. The molecule has 24 heavy (non-hydrogen) atoms. The minimum Gasteiger partial charge on any atom is -0.465 e. The fourth-order valence-corrected chi connectivity index (χ4v) is 4.12. The first-order chi connectivity index (χ1) is 11.5. The molecule has 0 aromatic heterocycles. The molecule has 2 aliphatic rings. The third-order valence-electron chi connectivity index (χ3n) is 5.46. The summed E-state index contributed by atoms with van der Waals surface area (Å²) in [5.41, 5.74) is 0.173. The fourth-order valence-electron chi connectivity index (χ4n) is 4.12. The molecule has 3 rings (SSSR count). The van der Waals surface area contributed by atoms with E-state index >= 15 is 0 Å². The van der Waals surface area contributed by atoms with Crippen LogP contribution in [0.25, 0.3) is 0 Å². The summed E-state index contributed by atoms with van der Waals surface area (Å²) in [4.78, 5) is 13.1. The summed E-state index contributed by atoms with van der Waals surface area (Å²) in [6.45, 7) is 1.62. The van der Waals surface area contributed by atoms with Crippen molar-refractivity contribution in [2.24, 2.45) is 0 Å². The molecule has 1 aliphatic heterocycles. The highest BCUT2D eigenvalue weighted by Gasteiger charge is 2.40. The van der Waals surface area contributed by atoms with Crippen LogP contribution in [0.15, 0.2) is 24.3 Å². The molecule has 0 bridgehead atoms. The smallest absolute Gasteiger partial charge is 0.404 e. The van der Waals surface area contributed by atoms with E-state index in [0.29, 0.717) is 18.9 Å². The summed E-state index contributed by atoms with van der Waals surface area (Å²) in [5.74, 6) is -0.300. The van der Waals surface area contributed by atoms with Gasteiger partial charge in [0.05, 0.1) is 11.5 Å². The van der Waals surface area contributed by atoms with E-state index in [1.165, 1.54) is 12.1 Å². The topological polar surface area (TPSA) is 76.4 Å². The number of amides is 1. The van der Waals surface area contributed by atoms with Gasteiger partial charge in [-0.15, -0.1) is 0 Å². The van der Waals surface area contributed by atoms with Crippen LogP contribution in [0.1, 0.15) is 37.7 Å².